The molecule has 2 rings (SSSR count). The summed E-state index contributed by atoms with van der Waals surface area (Å²) in [5.41, 5.74) is 1.36. The summed E-state index contributed by atoms with van der Waals surface area (Å²) in [6.07, 6.45) is 9.32. The van der Waals surface area contributed by atoms with E-state index in [1.807, 2.05) is 25.0 Å². The van der Waals surface area contributed by atoms with Gasteiger partial charge in [-0.3, -0.25) is 4.68 Å². The summed E-state index contributed by atoms with van der Waals surface area (Å²) in [5.74, 6) is 0.937. The Balaban J connectivity index is 1.64. The van der Waals surface area contributed by atoms with Crippen LogP contribution < -0.4 is 5.32 Å². The van der Waals surface area contributed by atoms with Gasteiger partial charge in [0.05, 0.1) is 6.20 Å². The zero-order valence-corrected chi connectivity index (χ0v) is 11.7. The molecule has 0 radical (unpaired) electrons. The van der Waals surface area contributed by atoms with E-state index >= 15 is 0 Å². The van der Waals surface area contributed by atoms with E-state index in [4.69, 9.17) is 0 Å². The summed E-state index contributed by atoms with van der Waals surface area (Å²) >= 11 is 0. The van der Waals surface area contributed by atoms with E-state index in [0.717, 1.165) is 12.3 Å². The van der Waals surface area contributed by atoms with Crippen LogP contribution in [-0.2, 0) is 13.5 Å². The maximum atomic E-state index is 4.22. The molecule has 0 atom stereocenters. The van der Waals surface area contributed by atoms with Gasteiger partial charge >= 0.3 is 0 Å². The van der Waals surface area contributed by atoms with Crippen molar-refractivity contribution in [3.8, 4) is 0 Å². The van der Waals surface area contributed by atoms with Crippen molar-refractivity contribution in [2.75, 3.05) is 33.2 Å². The van der Waals surface area contributed by atoms with Gasteiger partial charge in [-0.2, -0.15) is 5.10 Å². The number of piperidine rings is 1. The second-order valence-corrected chi connectivity index (χ2v) is 5.45. The first-order valence-corrected chi connectivity index (χ1v) is 7.12. The molecule has 1 fully saturated rings. The Morgan fingerprint density at radius 2 is 2.17 bits per heavy atom. The monoisotopic (exact) mass is 250 g/mol. The lowest BCUT2D eigenvalue weighted by Crippen LogP contribution is -2.35. The van der Waals surface area contributed by atoms with Crippen LogP contribution in [-0.4, -0.2) is 47.9 Å². The van der Waals surface area contributed by atoms with Crippen LogP contribution in [0.1, 0.15) is 24.8 Å². The lowest BCUT2D eigenvalue weighted by atomic mass is 9.93. The van der Waals surface area contributed by atoms with Gasteiger partial charge in [0, 0.05) is 19.8 Å². The van der Waals surface area contributed by atoms with Crippen molar-refractivity contribution in [2.24, 2.45) is 13.0 Å². The molecule has 1 N–H and O–H groups in total. The van der Waals surface area contributed by atoms with Gasteiger partial charge in [0.25, 0.3) is 0 Å². The Kier molecular flexibility index (Phi) is 5.20. The van der Waals surface area contributed by atoms with Gasteiger partial charge in [-0.15, -0.1) is 0 Å². The molecule has 1 saturated heterocycles. The third kappa shape index (κ3) is 4.10. The number of nitrogens with zero attached hydrogens (tertiary/aromatic N) is 3. The smallest absolute Gasteiger partial charge is 0.0522 e. The van der Waals surface area contributed by atoms with Crippen LogP contribution in [0.3, 0.4) is 0 Å². The van der Waals surface area contributed by atoms with Crippen molar-refractivity contribution in [2.45, 2.75) is 25.7 Å². The minimum absolute atomic E-state index is 0.937. The number of aromatic nitrogens is 2. The highest BCUT2D eigenvalue weighted by molar-refractivity contribution is 5.04. The molecule has 0 aromatic carbocycles. The fourth-order valence-electron chi connectivity index (χ4n) is 2.74. The maximum Gasteiger partial charge on any atom is 0.0522 e. The van der Waals surface area contributed by atoms with Gasteiger partial charge in [0.2, 0.25) is 0 Å². The summed E-state index contributed by atoms with van der Waals surface area (Å²) in [6.45, 7) is 4.90. The van der Waals surface area contributed by atoms with Crippen LogP contribution in [0.25, 0.3) is 0 Å². The molecule has 18 heavy (non-hydrogen) atoms. The van der Waals surface area contributed by atoms with Gasteiger partial charge in [-0.25, -0.2) is 0 Å². The normalized spacial score (nSPS) is 18.3. The van der Waals surface area contributed by atoms with Gasteiger partial charge in [-0.1, -0.05) is 0 Å². The van der Waals surface area contributed by atoms with E-state index in [1.54, 1.807) is 0 Å². The Bertz CT molecular complexity index is 339. The lowest BCUT2D eigenvalue weighted by Gasteiger charge is -2.31. The predicted octanol–water partition coefficient (Wildman–Crippen LogP) is 1.28. The first kappa shape index (κ1) is 13.6. The third-order valence-electron chi connectivity index (χ3n) is 3.98. The summed E-state index contributed by atoms with van der Waals surface area (Å²) < 4.78 is 1.89. The van der Waals surface area contributed by atoms with Crippen LogP contribution in [0.5, 0.6) is 0 Å². The molecule has 1 aliphatic rings. The van der Waals surface area contributed by atoms with E-state index in [-0.39, 0.29) is 0 Å². The number of likely N-dealkylation sites (tertiary alicyclic amines) is 1. The van der Waals surface area contributed by atoms with Gasteiger partial charge in [0.15, 0.2) is 0 Å². The van der Waals surface area contributed by atoms with E-state index in [0.29, 0.717) is 0 Å². The van der Waals surface area contributed by atoms with Gasteiger partial charge in [0.1, 0.15) is 0 Å². The number of nitrogens with one attached hydrogen (secondary N) is 1. The third-order valence-corrected chi connectivity index (χ3v) is 3.98. The molecule has 1 aromatic heterocycles. The van der Waals surface area contributed by atoms with Crippen molar-refractivity contribution in [1.29, 1.82) is 0 Å². The quantitative estimate of drug-likeness (QED) is 0.826. The number of rotatable bonds is 6. The fourth-order valence-corrected chi connectivity index (χ4v) is 2.74. The van der Waals surface area contributed by atoms with E-state index in [2.05, 4.69) is 21.5 Å². The summed E-state index contributed by atoms with van der Waals surface area (Å²) in [5, 5.41) is 7.47. The molecule has 0 amide bonds. The molecule has 0 unspecified atom stereocenters. The standard InChI is InChI=1S/C14H26N4/c1-15-7-3-13-4-8-18(9-5-13)10-6-14-11-16-17(2)12-14/h11-13,15H,3-10H2,1-2H3. The first-order valence-electron chi connectivity index (χ1n) is 7.12. The Hall–Kier alpha value is -0.870. The molecule has 0 saturated carbocycles. The highest BCUT2D eigenvalue weighted by Crippen LogP contribution is 2.20. The molecular formula is C14H26N4. The fraction of sp³-hybridized carbons (Fsp3) is 0.786. The maximum absolute atomic E-state index is 4.22. The average Bonchev–Trinajstić information content (AvgIpc) is 2.81. The second kappa shape index (κ2) is 6.90. The largest absolute Gasteiger partial charge is 0.320 e. The summed E-state index contributed by atoms with van der Waals surface area (Å²) in [7, 11) is 4.03. The molecule has 1 aromatic rings. The van der Waals surface area contributed by atoms with Crippen LogP contribution in [0.2, 0.25) is 0 Å². The van der Waals surface area contributed by atoms with E-state index in [1.165, 1.54) is 51.0 Å². The molecule has 102 valence electrons. The van der Waals surface area contributed by atoms with Crippen molar-refractivity contribution >= 4 is 0 Å². The molecule has 0 aliphatic carbocycles. The number of hydrogen-bond donors (Lipinski definition) is 1. The molecule has 0 spiro atoms. The molecular weight excluding hydrogens is 224 g/mol. The lowest BCUT2D eigenvalue weighted by molar-refractivity contribution is 0.181. The molecule has 0 bridgehead atoms. The van der Waals surface area contributed by atoms with Crippen molar-refractivity contribution in [3.63, 3.8) is 0 Å². The van der Waals surface area contributed by atoms with Crippen LogP contribution in [0, 0.1) is 5.92 Å². The zero-order valence-electron chi connectivity index (χ0n) is 11.7. The molecule has 4 heteroatoms. The average molecular weight is 250 g/mol. The van der Waals surface area contributed by atoms with Crippen molar-refractivity contribution in [3.05, 3.63) is 18.0 Å². The Morgan fingerprint density at radius 3 is 2.78 bits per heavy atom. The molecule has 1 aliphatic heterocycles. The van der Waals surface area contributed by atoms with E-state index < -0.39 is 0 Å². The Morgan fingerprint density at radius 1 is 1.39 bits per heavy atom. The van der Waals surface area contributed by atoms with Gasteiger partial charge < -0.3 is 10.2 Å². The molecule has 4 nitrogen and oxygen atoms in total. The number of aryl methyl sites for hydroxylation is 1. The highest BCUT2D eigenvalue weighted by Gasteiger charge is 2.18. The first-order chi connectivity index (χ1) is 8.78. The van der Waals surface area contributed by atoms with Crippen LogP contribution in [0.15, 0.2) is 12.4 Å². The van der Waals surface area contributed by atoms with Crippen molar-refractivity contribution < 1.29 is 0 Å². The highest BCUT2D eigenvalue weighted by atomic mass is 15.2. The van der Waals surface area contributed by atoms with E-state index in [9.17, 15) is 0 Å². The molecule has 2 heterocycles. The summed E-state index contributed by atoms with van der Waals surface area (Å²) in [6, 6.07) is 0. The minimum atomic E-state index is 0.937. The topological polar surface area (TPSA) is 33.1 Å². The zero-order chi connectivity index (χ0) is 12.8. The van der Waals surface area contributed by atoms with Crippen molar-refractivity contribution in [1.82, 2.24) is 20.0 Å². The second-order valence-electron chi connectivity index (χ2n) is 5.45. The number of hydrogen-bond acceptors (Lipinski definition) is 3. The SMILES string of the molecule is CNCCC1CCN(CCc2cnn(C)c2)CC1. The van der Waals surface area contributed by atoms with Gasteiger partial charge in [-0.05, 0) is 63.8 Å². The predicted molar refractivity (Wildman–Crippen MR) is 74.6 cm³/mol. The Labute approximate surface area is 110 Å². The van der Waals surface area contributed by atoms with Crippen LogP contribution >= 0.6 is 0 Å². The summed E-state index contributed by atoms with van der Waals surface area (Å²) in [4.78, 5) is 2.60. The minimum Gasteiger partial charge on any atom is -0.320 e. The van der Waals surface area contributed by atoms with Crippen LogP contribution in [0.4, 0.5) is 0 Å².